The number of benzene rings is 3. The van der Waals surface area contributed by atoms with E-state index in [1.165, 1.54) is 26.4 Å². The Kier molecular flexibility index (Phi) is 3.28. The quantitative estimate of drug-likeness (QED) is 0.531. The van der Waals surface area contributed by atoms with E-state index in [1.54, 1.807) is 11.5 Å². The van der Waals surface area contributed by atoms with Gasteiger partial charge in [0.25, 0.3) is 0 Å². The lowest BCUT2D eigenvalue weighted by Gasteiger charge is -2.16. The van der Waals surface area contributed by atoms with E-state index in [0.717, 1.165) is 5.82 Å². The molecule has 3 aromatic carbocycles. The lowest BCUT2D eigenvalue weighted by molar-refractivity contribution is 0.891. The van der Waals surface area contributed by atoms with Crippen LogP contribution < -0.4 is 5.32 Å². The van der Waals surface area contributed by atoms with Crippen molar-refractivity contribution in [1.82, 2.24) is 4.37 Å². The van der Waals surface area contributed by atoms with E-state index >= 15 is 0 Å². The predicted octanol–water partition coefficient (Wildman–Crippen LogP) is 5.62. The number of aromatic nitrogens is 1. The molecule has 4 rings (SSSR count). The van der Waals surface area contributed by atoms with Crippen LogP contribution in [0.5, 0.6) is 0 Å². The van der Waals surface area contributed by atoms with Gasteiger partial charge in [0.15, 0.2) is 0 Å². The normalized spacial score (nSPS) is 12.6. The number of anilines is 1. The highest BCUT2D eigenvalue weighted by Crippen LogP contribution is 2.31. The summed E-state index contributed by atoms with van der Waals surface area (Å²) in [4.78, 5) is 0. The van der Waals surface area contributed by atoms with Gasteiger partial charge in [-0.2, -0.15) is 4.37 Å². The monoisotopic (exact) mass is 304 g/mol. The van der Waals surface area contributed by atoms with Gasteiger partial charge in [-0.05, 0) is 46.9 Å². The minimum Gasteiger partial charge on any atom is -0.362 e. The molecule has 4 aromatic rings. The Bertz CT molecular complexity index is 937. The van der Waals surface area contributed by atoms with E-state index in [0.29, 0.717) is 0 Å². The fourth-order valence-corrected chi connectivity index (χ4v) is 3.64. The number of rotatable bonds is 3. The summed E-state index contributed by atoms with van der Waals surface area (Å²) >= 11 is 1.54. The van der Waals surface area contributed by atoms with Gasteiger partial charge in [-0.3, -0.25) is 0 Å². The van der Waals surface area contributed by atoms with Crippen molar-refractivity contribution in [3.8, 4) is 0 Å². The molecule has 0 aliphatic heterocycles. The van der Waals surface area contributed by atoms with Crippen LogP contribution in [-0.4, -0.2) is 4.37 Å². The van der Waals surface area contributed by atoms with Gasteiger partial charge in [-0.1, -0.05) is 54.6 Å². The Morgan fingerprint density at radius 3 is 2.50 bits per heavy atom. The van der Waals surface area contributed by atoms with E-state index in [9.17, 15) is 0 Å². The van der Waals surface area contributed by atoms with Gasteiger partial charge in [0.05, 0.1) is 10.7 Å². The molecule has 0 amide bonds. The predicted molar refractivity (Wildman–Crippen MR) is 95.6 cm³/mol. The summed E-state index contributed by atoms with van der Waals surface area (Å²) in [7, 11) is 0. The zero-order valence-corrected chi connectivity index (χ0v) is 13.1. The summed E-state index contributed by atoms with van der Waals surface area (Å²) in [5.74, 6) is 0.973. The molecule has 1 N–H and O–H groups in total. The van der Waals surface area contributed by atoms with E-state index in [4.69, 9.17) is 0 Å². The lowest BCUT2D eigenvalue weighted by Crippen LogP contribution is -2.07. The summed E-state index contributed by atoms with van der Waals surface area (Å²) in [5, 5.41) is 7.34. The molecule has 22 heavy (non-hydrogen) atoms. The van der Waals surface area contributed by atoms with Crippen LogP contribution in [-0.2, 0) is 0 Å². The highest BCUT2D eigenvalue weighted by Gasteiger charge is 2.12. The van der Waals surface area contributed by atoms with Crippen molar-refractivity contribution in [2.75, 3.05) is 5.32 Å². The molecular formula is C19H16N2S. The number of nitrogens with zero attached hydrogens (tertiary/aromatic N) is 1. The number of fused-ring (bicyclic) bond motifs is 2. The SMILES string of the molecule is CC(Nc1nsc2ccccc12)c1cccc2ccccc12. The van der Waals surface area contributed by atoms with E-state index in [1.807, 2.05) is 0 Å². The Labute approximate surface area is 133 Å². The fourth-order valence-electron chi connectivity index (χ4n) is 2.90. The first kappa shape index (κ1) is 13.3. The minimum atomic E-state index is 0.205. The molecule has 0 bridgehead atoms. The topological polar surface area (TPSA) is 24.9 Å². The average molecular weight is 304 g/mol. The summed E-state index contributed by atoms with van der Waals surface area (Å²) in [6.07, 6.45) is 0. The molecule has 0 radical (unpaired) electrons. The smallest absolute Gasteiger partial charge is 0.148 e. The second-order valence-electron chi connectivity index (χ2n) is 5.46. The summed E-state index contributed by atoms with van der Waals surface area (Å²) in [5.41, 5.74) is 1.30. The lowest BCUT2D eigenvalue weighted by atomic mass is 9.99. The molecule has 0 fully saturated rings. The third kappa shape index (κ3) is 2.24. The molecule has 108 valence electrons. The standard InChI is InChI=1S/C19H16N2S/c1-13(15-11-6-8-14-7-2-3-9-16(14)15)20-19-17-10-4-5-12-18(17)22-21-19/h2-13H,1H3,(H,20,21). The first-order valence-corrected chi connectivity index (χ1v) is 8.19. The molecule has 1 atom stereocenters. The minimum absolute atomic E-state index is 0.205. The highest BCUT2D eigenvalue weighted by atomic mass is 32.1. The van der Waals surface area contributed by atoms with Gasteiger partial charge in [0.2, 0.25) is 0 Å². The first-order valence-electron chi connectivity index (χ1n) is 7.41. The summed E-state index contributed by atoms with van der Waals surface area (Å²) in [6, 6.07) is 23.5. The van der Waals surface area contributed by atoms with Crippen molar-refractivity contribution >= 4 is 38.2 Å². The maximum atomic E-state index is 4.57. The molecule has 0 aliphatic rings. The zero-order chi connectivity index (χ0) is 14.9. The largest absolute Gasteiger partial charge is 0.362 e. The Morgan fingerprint density at radius 2 is 1.59 bits per heavy atom. The molecule has 2 nitrogen and oxygen atoms in total. The molecule has 1 heterocycles. The van der Waals surface area contributed by atoms with Gasteiger partial charge < -0.3 is 5.32 Å². The molecule has 0 saturated carbocycles. The fraction of sp³-hybridized carbons (Fsp3) is 0.105. The zero-order valence-electron chi connectivity index (χ0n) is 12.3. The van der Waals surface area contributed by atoms with Crippen molar-refractivity contribution in [3.63, 3.8) is 0 Å². The molecule has 0 saturated heterocycles. The highest BCUT2D eigenvalue weighted by molar-refractivity contribution is 7.13. The summed E-state index contributed by atoms with van der Waals surface area (Å²) in [6.45, 7) is 2.19. The maximum absolute atomic E-state index is 4.57. The molecular weight excluding hydrogens is 288 g/mol. The number of nitrogens with one attached hydrogen (secondary N) is 1. The van der Waals surface area contributed by atoms with Gasteiger partial charge in [-0.25, -0.2) is 0 Å². The third-order valence-corrected chi connectivity index (χ3v) is 4.85. The molecule has 1 unspecified atom stereocenters. The van der Waals surface area contributed by atoms with Gasteiger partial charge >= 0.3 is 0 Å². The Balaban J connectivity index is 1.73. The van der Waals surface area contributed by atoms with Crippen LogP contribution >= 0.6 is 11.5 Å². The van der Waals surface area contributed by atoms with E-state index < -0.39 is 0 Å². The average Bonchev–Trinajstić information content (AvgIpc) is 2.97. The molecule has 0 aliphatic carbocycles. The Hall–Kier alpha value is -2.39. The van der Waals surface area contributed by atoms with Crippen LogP contribution in [0.15, 0.2) is 66.7 Å². The van der Waals surface area contributed by atoms with Crippen LogP contribution in [0.2, 0.25) is 0 Å². The van der Waals surface area contributed by atoms with Crippen LogP contribution in [0.1, 0.15) is 18.5 Å². The molecule has 3 heteroatoms. The van der Waals surface area contributed by atoms with E-state index in [2.05, 4.69) is 83.3 Å². The van der Waals surface area contributed by atoms with Crippen LogP contribution in [0.4, 0.5) is 5.82 Å². The number of hydrogen-bond donors (Lipinski definition) is 1. The van der Waals surface area contributed by atoms with Crippen molar-refractivity contribution in [2.45, 2.75) is 13.0 Å². The Morgan fingerprint density at radius 1 is 0.864 bits per heavy atom. The van der Waals surface area contributed by atoms with Gasteiger partial charge in [0.1, 0.15) is 5.82 Å². The van der Waals surface area contributed by atoms with Crippen molar-refractivity contribution < 1.29 is 0 Å². The summed E-state index contributed by atoms with van der Waals surface area (Å²) < 4.78 is 5.79. The van der Waals surface area contributed by atoms with Crippen molar-refractivity contribution in [2.24, 2.45) is 0 Å². The maximum Gasteiger partial charge on any atom is 0.148 e. The van der Waals surface area contributed by atoms with Gasteiger partial charge in [-0.15, -0.1) is 0 Å². The molecule has 1 aromatic heterocycles. The second kappa shape index (κ2) is 5.43. The first-order chi connectivity index (χ1) is 10.8. The molecule has 0 spiro atoms. The van der Waals surface area contributed by atoms with Crippen LogP contribution in [0.3, 0.4) is 0 Å². The second-order valence-corrected chi connectivity index (χ2v) is 6.27. The van der Waals surface area contributed by atoms with Crippen LogP contribution in [0, 0.1) is 0 Å². The van der Waals surface area contributed by atoms with Crippen LogP contribution in [0.25, 0.3) is 20.9 Å². The van der Waals surface area contributed by atoms with E-state index in [-0.39, 0.29) is 6.04 Å². The van der Waals surface area contributed by atoms with Crippen molar-refractivity contribution in [1.29, 1.82) is 0 Å². The van der Waals surface area contributed by atoms with Crippen molar-refractivity contribution in [3.05, 3.63) is 72.3 Å². The van der Waals surface area contributed by atoms with Gasteiger partial charge in [0, 0.05) is 5.39 Å². The third-order valence-electron chi connectivity index (χ3n) is 4.02. The number of hydrogen-bond acceptors (Lipinski definition) is 3.